The van der Waals surface area contributed by atoms with E-state index in [2.05, 4.69) is 16.7 Å². The van der Waals surface area contributed by atoms with Gasteiger partial charge in [0.25, 0.3) is 5.91 Å². The van der Waals surface area contributed by atoms with Crippen molar-refractivity contribution < 1.29 is 19.1 Å². The van der Waals surface area contributed by atoms with E-state index in [4.69, 9.17) is 4.74 Å². The highest BCUT2D eigenvalue weighted by molar-refractivity contribution is 6.09. The van der Waals surface area contributed by atoms with Crippen LogP contribution >= 0.6 is 0 Å². The molecule has 1 aromatic carbocycles. The quantitative estimate of drug-likeness (QED) is 0.798. The van der Waals surface area contributed by atoms with Crippen molar-refractivity contribution in [1.82, 2.24) is 15.5 Å². The number of hydrogen-bond acceptors (Lipinski definition) is 4. The van der Waals surface area contributed by atoms with Crippen molar-refractivity contribution in [1.29, 1.82) is 0 Å². The van der Waals surface area contributed by atoms with Crippen molar-refractivity contribution in [3.63, 3.8) is 0 Å². The summed E-state index contributed by atoms with van der Waals surface area (Å²) in [5, 5.41) is 5.66. The van der Waals surface area contributed by atoms with Gasteiger partial charge in [0, 0.05) is 13.0 Å². The molecule has 1 aliphatic carbocycles. The lowest BCUT2D eigenvalue weighted by Crippen LogP contribution is -2.48. The molecule has 2 heterocycles. The van der Waals surface area contributed by atoms with Crippen LogP contribution in [0.3, 0.4) is 0 Å². The molecular formula is C18H21N3O4. The second-order valence-corrected chi connectivity index (χ2v) is 6.92. The van der Waals surface area contributed by atoms with Crippen molar-refractivity contribution in [2.45, 2.75) is 37.3 Å². The summed E-state index contributed by atoms with van der Waals surface area (Å²) in [5.41, 5.74) is 1.39. The molecule has 4 amide bonds. The van der Waals surface area contributed by atoms with Crippen LogP contribution in [0, 0.1) is 0 Å². The van der Waals surface area contributed by atoms with Crippen LogP contribution in [0.2, 0.25) is 0 Å². The van der Waals surface area contributed by atoms with Gasteiger partial charge in [-0.3, -0.25) is 14.5 Å². The van der Waals surface area contributed by atoms with Crippen molar-refractivity contribution in [2.24, 2.45) is 0 Å². The van der Waals surface area contributed by atoms with Crippen molar-refractivity contribution in [3.8, 4) is 0 Å². The fourth-order valence-electron chi connectivity index (χ4n) is 3.94. The molecule has 2 atom stereocenters. The molecule has 0 radical (unpaired) electrons. The standard InChI is InChI=1S/C18H21N3O4/c22-15(19-14-7-3-5-12-4-1-2-6-13(12)14)10-21-16(23)18(20-17(21)24)8-9-25-11-18/h1-2,4,6,14H,3,5,7-11H2,(H,19,22)(H,20,24). The number of benzene rings is 1. The van der Waals surface area contributed by atoms with Gasteiger partial charge in [-0.1, -0.05) is 24.3 Å². The fraction of sp³-hybridized carbons (Fsp3) is 0.500. The molecular weight excluding hydrogens is 322 g/mol. The van der Waals surface area contributed by atoms with Crippen LogP contribution in [0.1, 0.15) is 36.4 Å². The van der Waals surface area contributed by atoms with E-state index >= 15 is 0 Å². The molecule has 2 aliphatic heterocycles. The highest BCUT2D eigenvalue weighted by Gasteiger charge is 2.53. The van der Waals surface area contributed by atoms with E-state index in [1.54, 1.807) is 0 Å². The van der Waals surface area contributed by atoms with Crippen LogP contribution in [0.15, 0.2) is 24.3 Å². The molecule has 25 heavy (non-hydrogen) atoms. The van der Waals surface area contributed by atoms with E-state index in [9.17, 15) is 14.4 Å². The van der Waals surface area contributed by atoms with Gasteiger partial charge in [-0.05, 0) is 30.4 Å². The molecule has 2 N–H and O–H groups in total. The zero-order valence-electron chi connectivity index (χ0n) is 13.9. The Morgan fingerprint density at radius 2 is 2.20 bits per heavy atom. The van der Waals surface area contributed by atoms with Crippen LogP contribution in [-0.4, -0.2) is 48.0 Å². The third-order valence-electron chi connectivity index (χ3n) is 5.27. The van der Waals surface area contributed by atoms with E-state index < -0.39 is 11.6 Å². The van der Waals surface area contributed by atoms with Crippen LogP contribution in [-0.2, 0) is 20.7 Å². The Morgan fingerprint density at radius 3 is 3.00 bits per heavy atom. The average molecular weight is 343 g/mol. The number of rotatable bonds is 3. The smallest absolute Gasteiger partial charge is 0.325 e. The first-order valence-corrected chi connectivity index (χ1v) is 8.68. The first-order valence-electron chi connectivity index (χ1n) is 8.68. The lowest BCUT2D eigenvalue weighted by atomic mass is 9.88. The van der Waals surface area contributed by atoms with E-state index in [-0.39, 0.29) is 31.0 Å². The second-order valence-electron chi connectivity index (χ2n) is 6.92. The minimum Gasteiger partial charge on any atom is -0.378 e. The zero-order chi connectivity index (χ0) is 17.4. The van der Waals surface area contributed by atoms with Crippen molar-refractivity contribution in [3.05, 3.63) is 35.4 Å². The van der Waals surface area contributed by atoms with Gasteiger partial charge < -0.3 is 15.4 Å². The van der Waals surface area contributed by atoms with Gasteiger partial charge in [0.15, 0.2) is 0 Å². The molecule has 7 nitrogen and oxygen atoms in total. The molecule has 0 aromatic heterocycles. The Kier molecular flexibility index (Phi) is 3.95. The molecule has 0 saturated carbocycles. The molecule has 1 aromatic rings. The maximum atomic E-state index is 12.5. The van der Waals surface area contributed by atoms with E-state index in [0.717, 1.165) is 29.7 Å². The van der Waals surface area contributed by atoms with Gasteiger partial charge in [-0.15, -0.1) is 0 Å². The van der Waals surface area contributed by atoms with E-state index in [1.165, 1.54) is 5.56 Å². The molecule has 0 bridgehead atoms. The predicted octanol–water partition coefficient (Wildman–Crippen LogP) is 0.891. The van der Waals surface area contributed by atoms with Gasteiger partial charge >= 0.3 is 6.03 Å². The summed E-state index contributed by atoms with van der Waals surface area (Å²) >= 11 is 0. The topological polar surface area (TPSA) is 87.7 Å². The number of carbonyl (C=O) groups is 3. The van der Waals surface area contributed by atoms with Crippen LogP contribution in [0.25, 0.3) is 0 Å². The third kappa shape index (κ3) is 2.78. The molecule has 4 rings (SSSR count). The normalized spacial score (nSPS) is 28.2. The van der Waals surface area contributed by atoms with Gasteiger partial charge in [0.05, 0.1) is 12.6 Å². The summed E-state index contributed by atoms with van der Waals surface area (Å²) in [6.45, 7) is 0.349. The fourth-order valence-corrected chi connectivity index (χ4v) is 3.94. The Labute approximate surface area is 145 Å². The number of urea groups is 1. The summed E-state index contributed by atoms with van der Waals surface area (Å²) in [7, 11) is 0. The molecule has 132 valence electrons. The lowest BCUT2D eigenvalue weighted by molar-refractivity contribution is -0.135. The summed E-state index contributed by atoms with van der Waals surface area (Å²) in [6, 6.07) is 7.48. The number of carbonyl (C=O) groups excluding carboxylic acids is 3. The average Bonchev–Trinajstić information content (AvgIpc) is 3.16. The Bertz CT molecular complexity index is 727. The lowest BCUT2D eigenvalue weighted by Gasteiger charge is -2.27. The molecule has 2 fully saturated rings. The van der Waals surface area contributed by atoms with E-state index in [0.29, 0.717) is 13.0 Å². The summed E-state index contributed by atoms with van der Waals surface area (Å²) < 4.78 is 5.25. The largest absolute Gasteiger partial charge is 0.378 e. The highest BCUT2D eigenvalue weighted by Crippen LogP contribution is 2.30. The van der Waals surface area contributed by atoms with Gasteiger partial charge in [-0.2, -0.15) is 0 Å². The molecule has 1 spiro atoms. The first-order chi connectivity index (χ1) is 12.1. The Balaban J connectivity index is 1.43. The van der Waals surface area contributed by atoms with Gasteiger partial charge in [0.1, 0.15) is 12.1 Å². The number of amides is 4. The van der Waals surface area contributed by atoms with Gasteiger partial charge in [0.2, 0.25) is 5.91 Å². The maximum Gasteiger partial charge on any atom is 0.325 e. The third-order valence-corrected chi connectivity index (χ3v) is 5.27. The van der Waals surface area contributed by atoms with Crippen LogP contribution < -0.4 is 10.6 Å². The number of nitrogens with one attached hydrogen (secondary N) is 2. The number of nitrogens with zero attached hydrogens (tertiary/aromatic N) is 1. The monoisotopic (exact) mass is 343 g/mol. The summed E-state index contributed by atoms with van der Waals surface area (Å²) in [6.07, 6.45) is 3.33. The minimum atomic E-state index is -0.977. The molecule has 3 aliphatic rings. The van der Waals surface area contributed by atoms with Crippen LogP contribution in [0.5, 0.6) is 0 Å². The van der Waals surface area contributed by atoms with Gasteiger partial charge in [-0.25, -0.2) is 4.79 Å². The maximum absolute atomic E-state index is 12.5. The number of aryl methyl sites for hydroxylation is 1. The second kappa shape index (κ2) is 6.15. The number of hydrogen-bond donors (Lipinski definition) is 2. The SMILES string of the molecule is O=C(CN1C(=O)NC2(CCOC2)C1=O)NC1CCCc2ccccc21. The number of fused-ring (bicyclic) bond motifs is 1. The first kappa shape index (κ1) is 16.1. The molecule has 2 saturated heterocycles. The summed E-state index contributed by atoms with van der Waals surface area (Å²) in [4.78, 5) is 38.1. The Hall–Kier alpha value is -2.41. The minimum absolute atomic E-state index is 0.0676. The molecule has 7 heteroatoms. The van der Waals surface area contributed by atoms with E-state index in [1.807, 2.05) is 18.2 Å². The van der Waals surface area contributed by atoms with Crippen molar-refractivity contribution >= 4 is 17.8 Å². The predicted molar refractivity (Wildman–Crippen MR) is 88.7 cm³/mol. The van der Waals surface area contributed by atoms with Crippen molar-refractivity contribution in [2.75, 3.05) is 19.8 Å². The number of imide groups is 1. The Morgan fingerprint density at radius 1 is 1.36 bits per heavy atom. The zero-order valence-corrected chi connectivity index (χ0v) is 13.9. The highest BCUT2D eigenvalue weighted by atomic mass is 16.5. The molecule has 2 unspecified atom stereocenters. The van der Waals surface area contributed by atoms with Crippen LogP contribution in [0.4, 0.5) is 4.79 Å². The summed E-state index contributed by atoms with van der Waals surface area (Å²) in [5.74, 6) is -0.685. The number of ether oxygens (including phenoxy) is 1.